The van der Waals surface area contributed by atoms with E-state index in [4.69, 9.17) is 4.74 Å². The molecule has 1 heterocycles. The van der Waals surface area contributed by atoms with Crippen molar-refractivity contribution in [3.8, 4) is 0 Å². The number of para-hydroxylation sites is 2. The minimum atomic E-state index is 0.105. The first-order valence-electron chi connectivity index (χ1n) is 7.73. The molecule has 0 radical (unpaired) electrons. The number of carbonyl (C=O) groups excluding carboxylic acids is 1. The van der Waals surface area contributed by atoms with Crippen LogP contribution in [-0.4, -0.2) is 45.3 Å². The molecule has 2 N–H and O–H groups in total. The molecule has 2 rings (SSSR count). The van der Waals surface area contributed by atoms with Crippen molar-refractivity contribution in [1.29, 1.82) is 0 Å². The highest BCUT2D eigenvalue weighted by molar-refractivity contribution is 5.77. The SMILES string of the molecule is CCCNC(=O)CCNc1ccccc1N1CCOCC1. The van der Waals surface area contributed by atoms with Gasteiger partial charge >= 0.3 is 0 Å². The molecule has 5 heteroatoms. The summed E-state index contributed by atoms with van der Waals surface area (Å²) in [7, 11) is 0. The number of hydrogen-bond acceptors (Lipinski definition) is 4. The zero-order chi connectivity index (χ0) is 14.9. The number of morpholine rings is 1. The summed E-state index contributed by atoms with van der Waals surface area (Å²) in [4.78, 5) is 13.9. The van der Waals surface area contributed by atoms with Gasteiger partial charge in [-0.25, -0.2) is 0 Å². The number of amides is 1. The molecule has 116 valence electrons. The topological polar surface area (TPSA) is 53.6 Å². The molecule has 1 fully saturated rings. The van der Waals surface area contributed by atoms with Gasteiger partial charge in [0.05, 0.1) is 24.6 Å². The van der Waals surface area contributed by atoms with Gasteiger partial charge in [0.25, 0.3) is 0 Å². The maximum absolute atomic E-state index is 11.6. The van der Waals surface area contributed by atoms with E-state index in [1.54, 1.807) is 0 Å². The summed E-state index contributed by atoms with van der Waals surface area (Å²) in [5, 5.41) is 6.27. The third-order valence-electron chi connectivity index (χ3n) is 3.50. The molecular formula is C16H25N3O2. The molecule has 1 aliphatic heterocycles. The molecule has 1 aromatic carbocycles. The summed E-state index contributed by atoms with van der Waals surface area (Å²) in [6.45, 7) is 6.82. The number of hydrogen-bond donors (Lipinski definition) is 2. The Morgan fingerprint density at radius 3 is 2.76 bits per heavy atom. The van der Waals surface area contributed by atoms with Crippen LogP contribution in [0.3, 0.4) is 0 Å². The van der Waals surface area contributed by atoms with Gasteiger partial charge in [-0.1, -0.05) is 19.1 Å². The smallest absolute Gasteiger partial charge is 0.221 e. The van der Waals surface area contributed by atoms with E-state index in [1.807, 2.05) is 12.1 Å². The molecule has 0 unspecified atom stereocenters. The van der Waals surface area contributed by atoms with Gasteiger partial charge in [0.15, 0.2) is 0 Å². The number of anilines is 2. The van der Waals surface area contributed by atoms with Crippen LogP contribution in [0.2, 0.25) is 0 Å². The van der Waals surface area contributed by atoms with Crippen molar-refractivity contribution in [3.05, 3.63) is 24.3 Å². The molecule has 1 amide bonds. The van der Waals surface area contributed by atoms with Crippen molar-refractivity contribution < 1.29 is 9.53 Å². The summed E-state index contributed by atoms with van der Waals surface area (Å²) in [6, 6.07) is 8.24. The average Bonchev–Trinajstić information content (AvgIpc) is 2.54. The van der Waals surface area contributed by atoms with E-state index in [2.05, 4.69) is 34.6 Å². The first-order valence-corrected chi connectivity index (χ1v) is 7.73. The molecule has 0 aliphatic carbocycles. The number of ether oxygens (including phenoxy) is 1. The van der Waals surface area contributed by atoms with E-state index in [-0.39, 0.29) is 5.91 Å². The fourth-order valence-corrected chi connectivity index (χ4v) is 2.37. The third kappa shape index (κ3) is 4.93. The molecule has 0 atom stereocenters. The van der Waals surface area contributed by atoms with Crippen molar-refractivity contribution in [3.63, 3.8) is 0 Å². The van der Waals surface area contributed by atoms with Crippen LogP contribution in [0.25, 0.3) is 0 Å². The molecule has 1 saturated heterocycles. The van der Waals surface area contributed by atoms with Crippen molar-refractivity contribution in [2.45, 2.75) is 19.8 Å². The fourth-order valence-electron chi connectivity index (χ4n) is 2.37. The lowest BCUT2D eigenvalue weighted by molar-refractivity contribution is -0.120. The minimum absolute atomic E-state index is 0.105. The van der Waals surface area contributed by atoms with E-state index in [0.29, 0.717) is 13.0 Å². The Morgan fingerprint density at radius 1 is 1.24 bits per heavy atom. The standard InChI is InChI=1S/C16H25N3O2/c1-2-8-18-16(20)7-9-17-14-5-3-4-6-15(14)19-10-12-21-13-11-19/h3-6,17H,2,7-13H2,1H3,(H,18,20). The Balaban J connectivity index is 1.86. The van der Waals surface area contributed by atoms with Gasteiger partial charge in [-0.2, -0.15) is 0 Å². The lowest BCUT2D eigenvalue weighted by Crippen LogP contribution is -2.36. The van der Waals surface area contributed by atoms with Crippen LogP contribution in [0.1, 0.15) is 19.8 Å². The number of benzene rings is 1. The van der Waals surface area contributed by atoms with Gasteiger partial charge in [0, 0.05) is 32.6 Å². The second-order valence-corrected chi connectivity index (χ2v) is 5.14. The van der Waals surface area contributed by atoms with Crippen LogP contribution in [0, 0.1) is 0 Å². The number of carbonyl (C=O) groups is 1. The van der Waals surface area contributed by atoms with Crippen LogP contribution in [-0.2, 0) is 9.53 Å². The molecule has 0 spiro atoms. The summed E-state index contributed by atoms with van der Waals surface area (Å²) >= 11 is 0. The molecule has 21 heavy (non-hydrogen) atoms. The third-order valence-corrected chi connectivity index (χ3v) is 3.50. The van der Waals surface area contributed by atoms with Gasteiger partial charge in [0.2, 0.25) is 5.91 Å². The van der Waals surface area contributed by atoms with Gasteiger partial charge in [0.1, 0.15) is 0 Å². The normalized spacial score (nSPS) is 14.8. The highest BCUT2D eigenvalue weighted by Gasteiger charge is 2.14. The van der Waals surface area contributed by atoms with Gasteiger partial charge in [-0.3, -0.25) is 4.79 Å². The predicted octanol–water partition coefficient (Wildman–Crippen LogP) is 1.85. The first kappa shape index (κ1) is 15.6. The van der Waals surface area contributed by atoms with Crippen molar-refractivity contribution in [1.82, 2.24) is 5.32 Å². The van der Waals surface area contributed by atoms with E-state index in [0.717, 1.165) is 45.0 Å². The number of nitrogens with one attached hydrogen (secondary N) is 2. The highest BCUT2D eigenvalue weighted by Crippen LogP contribution is 2.26. The van der Waals surface area contributed by atoms with Crippen LogP contribution in [0.4, 0.5) is 11.4 Å². The molecule has 1 aliphatic rings. The number of rotatable bonds is 7. The Kier molecular flexibility index (Phi) is 6.34. The monoisotopic (exact) mass is 291 g/mol. The van der Waals surface area contributed by atoms with Crippen molar-refractivity contribution >= 4 is 17.3 Å². The van der Waals surface area contributed by atoms with Crippen molar-refractivity contribution in [2.75, 3.05) is 49.6 Å². The Bertz CT molecular complexity index is 445. The highest BCUT2D eigenvalue weighted by atomic mass is 16.5. The van der Waals surface area contributed by atoms with E-state index in [1.165, 1.54) is 5.69 Å². The summed E-state index contributed by atoms with van der Waals surface area (Å²) in [5.74, 6) is 0.105. The quantitative estimate of drug-likeness (QED) is 0.805. The Hall–Kier alpha value is -1.75. The molecule has 5 nitrogen and oxygen atoms in total. The Labute approximate surface area is 126 Å². The zero-order valence-electron chi connectivity index (χ0n) is 12.7. The first-order chi connectivity index (χ1) is 10.3. The minimum Gasteiger partial charge on any atom is -0.383 e. The fraction of sp³-hybridized carbons (Fsp3) is 0.562. The van der Waals surface area contributed by atoms with Crippen LogP contribution >= 0.6 is 0 Å². The van der Waals surface area contributed by atoms with Gasteiger partial charge in [-0.15, -0.1) is 0 Å². The van der Waals surface area contributed by atoms with Crippen LogP contribution in [0.5, 0.6) is 0 Å². The van der Waals surface area contributed by atoms with E-state index < -0.39 is 0 Å². The molecular weight excluding hydrogens is 266 g/mol. The molecule has 0 bridgehead atoms. The second-order valence-electron chi connectivity index (χ2n) is 5.14. The van der Waals surface area contributed by atoms with E-state index >= 15 is 0 Å². The molecule has 0 saturated carbocycles. The summed E-state index contributed by atoms with van der Waals surface area (Å²) in [6.07, 6.45) is 1.47. The lowest BCUT2D eigenvalue weighted by atomic mass is 10.2. The molecule has 1 aromatic rings. The number of nitrogens with zero attached hydrogens (tertiary/aromatic N) is 1. The lowest BCUT2D eigenvalue weighted by Gasteiger charge is -2.30. The predicted molar refractivity (Wildman–Crippen MR) is 85.9 cm³/mol. The Morgan fingerprint density at radius 2 is 2.00 bits per heavy atom. The van der Waals surface area contributed by atoms with Crippen LogP contribution in [0.15, 0.2) is 24.3 Å². The summed E-state index contributed by atoms with van der Waals surface area (Å²) < 4.78 is 5.40. The van der Waals surface area contributed by atoms with Gasteiger partial charge < -0.3 is 20.3 Å². The summed E-state index contributed by atoms with van der Waals surface area (Å²) in [5.41, 5.74) is 2.28. The van der Waals surface area contributed by atoms with E-state index in [9.17, 15) is 4.79 Å². The zero-order valence-corrected chi connectivity index (χ0v) is 12.7. The second kappa shape index (κ2) is 8.52. The van der Waals surface area contributed by atoms with Gasteiger partial charge in [-0.05, 0) is 18.6 Å². The maximum atomic E-state index is 11.6. The largest absolute Gasteiger partial charge is 0.383 e. The van der Waals surface area contributed by atoms with Crippen LogP contribution < -0.4 is 15.5 Å². The molecule has 0 aromatic heterocycles. The average molecular weight is 291 g/mol. The van der Waals surface area contributed by atoms with Crippen molar-refractivity contribution in [2.24, 2.45) is 0 Å². The maximum Gasteiger partial charge on any atom is 0.221 e.